The molecule has 9 amide bonds. The van der Waals surface area contributed by atoms with E-state index in [2.05, 4.69) is 66.8 Å². The maximum Gasteiger partial charge on any atom is 0.321 e. The smallest absolute Gasteiger partial charge is 0.321 e. The Kier molecular flexibility index (Phi) is 20.3. The number of fused-ring (bicyclic) bond motifs is 2. The van der Waals surface area contributed by atoms with Crippen LogP contribution in [0.4, 0.5) is 21.0 Å². The number of nitrogens with one attached hydrogen (secondary N) is 8. The van der Waals surface area contributed by atoms with Gasteiger partial charge in [-0.1, -0.05) is 140 Å². The summed E-state index contributed by atoms with van der Waals surface area (Å²) in [6.07, 6.45) is 3.28. The van der Waals surface area contributed by atoms with E-state index < -0.39 is 54.1 Å². The van der Waals surface area contributed by atoms with Gasteiger partial charge >= 0.3 is 12.1 Å². The van der Waals surface area contributed by atoms with E-state index in [1.165, 1.54) is 5.56 Å². The van der Waals surface area contributed by atoms with Gasteiger partial charge in [-0.05, 0) is 137 Å². The zero-order chi connectivity index (χ0) is 61.8. The lowest BCUT2D eigenvalue weighted by atomic mass is 9.86. The first-order valence-electron chi connectivity index (χ1n) is 30.8. The molecule has 6 aromatic rings. The molecule has 460 valence electrons. The Bertz CT molecular complexity index is 3360. The van der Waals surface area contributed by atoms with Gasteiger partial charge in [0.25, 0.3) is 0 Å². The summed E-state index contributed by atoms with van der Waals surface area (Å²) in [6.45, 7) is 4.48. The van der Waals surface area contributed by atoms with Crippen LogP contribution in [0, 0.1) is 0 Å². The Morgan fingerprint density at radius 1 is 0.500 bits per heavy atom. The zero-order valence-corrected chi connectivity index (χ0v) is 50.8. The van der Waals surface area contributed by atoms with Gasteiger partial charge in [0.1, 0.15) is 18.1 Å². The molecular weight excluding hydrogens is 1110 g/mol. The summed E-state index contributed by atoms with van der Waals surface area (Å²) in [4.78, 5) is 106. The highest BCUT2D eigenvalue weighted by Gasteiger charge is 2.47. The summed E-state index contributed by atoms with van der Waals surface area (Å²) >= 11 is 0. The lowest BCUT2D eigenvalue weighted by Gasteiger charge is -2.39. The topological polar surface area (TPSA) is 229 Å². The number of urea groups is 2. The molecule has 19 heteroatoms. The number of hydrogen-bond donors (Lipinski definition) is 8. The van der Waals surface area contributed by atoms with Crippen molar-refractivity contribution in [1.82, 2.24) is 51.5 Å². The first-order chi connectivity index (χ1) is 42.7. The number of amides is 9. The number of hydrogen-bond acceptors (Lipinski definition) is 10. The molecule has 0 saturated carbocycles. The predicted octanol–water partition coefficient (Wildman–Crippen LogP) is 6.90. The Morgan fingerprint density at radius 3 is 1.47 bits per heavy atom. The first-order valence-corrected chi connectivity index (χ1v) is 30.8. The summed E-state index contributed by atoms with van der Waals surface area (Å²) in [5, 5.41) is 24.6. The Hall–Kier alpha value is -8.91. The predicted molar refractivity (Wildman–Crippen MR) is 340 cm³/mol. The van der Waals surface area contributed by atoms with Crippen LogP contribution in [-0.2, 0) is 30.4 Å². The summed E-state index contributed by atoms with van der Waals surface area (Å²) in [7, 11) is 5.30. The molecule has 8 N–H and O–H groups in total. The van der Waals surface area contributed by atoms with Gasteiger partial charge in [0.2, 0.25) is 29.5 Å². The van der Waals surface area contributed by atoms with Crippen molar-refractivity contribution in [2.24, 2.45) is 0 Å². The second-order valence-corrected chi connectivity index (χ2v) is 23.6. The largest absolute Gasteiger partial charge is 0.343 e. The van der Waals surface area contributed by atoms with Gasteiger partial charge in [-0.2, -0.15) is 0 Å². The van der Waals surface area contributed by atoms with Crippen molar-refractivity contribution in [3.8, 4) is 0 Å². The van der Waals surface area contributed by atoms with Crippen molar-refractivity contribution in [3.63, 3.8) is 0 Å². The van der Waals surface area contributed by atoms with E-state index in [0.717, 1.165) is 39.8 Å². The van der Waals surface area contributed by atoms with Crippen LogP contribution in [-0.4, -0.2) is 157 Å². The van der Waals surface area contributed by atoms with E-state index in [-0.39, 0.29) is 67.4 Å². The fourth-order valence-electron chi connectivity index (χ4n) is 12.9. The summed E-state index contributed by atoms with van der Waals surface area (Å²) in [5.41, 5.74) is 8.36. The quantitative estimate of drug-likeness (QED) is 0.0444. The van der Waals surface area contributed by atoms with Crippen LogP contribution >= 0.6 is 0 Å². The SMILES string of the molecule is CNC(c1ccccc1)c1ccccc1C1C[C@@H]2CCN(C(=O)Nc3ccc(Cc4ccc(NC(=O)N5CC[C@H]6CC[C@@H](C(=O)NC(c7ccccc7)c7ccccc7)N6C(=O)[C@@H](NC(=O)[C@H](C)NC)C5)cc4)cc3)C[C@H](NC(=O)[C@H](C)NC)C(=O)N2C1. The third-order valence-electron chi connectivity index (χ3n) is 18.0. The Labute approximate surface area is 515 Å². The molecule has 4 fully saturated rings. The van der Waals surface area contributed by atoms with Gasteiger partial charge in [0.05, 0.1) is 37.3 Å². The Morgan fingerprint density at radius 2 is 0.966 bits per heavy atom. The minimum atomic E-state index is -1.12. The molecule has 0 aromatic heterocycles. The van der Waals surface area contributed by atoms with E-state index in [9.17, 15) is 33.6 Å². The third kappa shape index (κ3) is 14.6. The van der Waals surface area contributed by atoms with Crippen LogP contribution in [0.3, 0.4) is 0 Å². The summed E-state index contributed by atoms with van der Waals surface area (Å²) < 4.78 is 0. The molecule has 0 spiro atoms. The van der Waals surface area contributed by atoms with E-state index >= 15 is 0 Å². The van der Waals surface area contributed by atoms with Crippen molar-refractivity contribution >= 4 is 53.0 Å². The standard InChI is InChI=1S/C69H82N12O7/c1-44(70-3)63(82)75-58-42-79(38-36-55-40-51(41-80(55)66(58)85)56-23-15-16-24-57(56)62(72-5)50-21-13-8-14-22-50)69(88)74-53-31-27-47(28-32-53)39-46-25-29-52(30-26-46)73-68(87)78-37-35-54-33-34-60(81(54)67(86)59(43-78)76-64(83)45(2)71-4)65(84)77-61(48-17-9-6-10-18-48)49-19-11-7-12-20-49/h6-32,44-45,51,54-55,58-62,70-72H,33-43H2,1-5H3,(H,73,87)(H,74,88)(H,75,82)(H,76,83)(H,77,84)/t44-,45-,51?,54+,55-,58-,59-,60-,62?/m0/s1. The molecule has 2 unspecified atom stereocenters. The van der Waals surface area contributed by atoms with Crippen molar-refractivity contribution in [2.75, 3.05) is 64.5 Å². The van der Waals surface area contributed by atoms with Gasteiger partial charge in [-0.15, -0.1) is 0 Å². The van der Waals surface area contributed by atoms with E-state index in [4.69, 9.17) is 0 Å². The van der Waals surface area contributed by atoms with Gasteiger partial charge < -0.3 is 62.1 Å². The minimum Gasteiger partial charge on any atom is -0.343 e. The average Bonchev–Trinajstić information content (AvgIpc) is 2.21. The number of likely N-dealkylation sites (N-methyl/N-ethyl adjacent to an activating group) is 2. The fourth-order valence-corrected chi connectivity index (χ4v) is 12.9. The monoisotopic (exact) mass is 1190 g/mol. The van der Waals surface area contributed by atoms with Crippen LogP contribution in [0.25, 0.3) is 0 Å². The number of carbonyl (C=O) groups is 7. The van der Waals surface area contributed by atoms with Crippen LogP contribution in [0.5, 0.6) is 0 Å². The van der Waals surface area contributed by atoms with Gasteiger partial charge in [-0.3, -0.25) is 24.0 Å². The highest BCUT2D eigenvalue weighted by atomic mass is 16.2. The molecule has 6 aromatic carbocycles. The van der Waals surface area contributed by atoms with Crippen molar-refractivity contribution in [2.45, 2.75) is 113 Å². The second kappa shape index (κ2) is 28.7. The molecule has 4 aliphatic rings. The van der Waals surface area contributed by atoms with Crippen LogP contribution in [0.15, 0.2) is 164 Å². The first kappa shape index (κ1) is 62.2. The van der Waals surface area contributed by atoms with E-state index in [1.54, 1.807) is 42.6 Å². The lowest BCUT2D eigenvalue weighted by Crippen LogP contribution is -2.62. The maximum absolute atomic E-state index is 14.7. The summed E-state index contributed by atoms with van der Waals surface area (Å²) in [5.74, 6) is -1.59. The minimum absolute atomic E-state index is 0.00199. The van der Waals surface area contributed by atoms with Gasteiger partial charge in [0, 0.05) is 49.0 Å². The van der Waals surface area contributed by atoms with Crippen molar-refractivity contribution in [1.29, 1.82) is 0 Å². The highest BCUT2D eigenvalue weighted by molar-refractivity contribution is 5.96. The molecule has 9 atom stereocenters. The molecule has 4 aliphatic heterocycles. The zero-order valence-electron chi connectivity index (χ0n) is 50.8. The number of anilines is 2. The normalized spacial score (nSPS) is 21.3. The number of nitrogens with zero attached hydrogens (tertiary/aromatic N) is 4. The van der Waals surface area contributed by atoms with Gasteiger partial charge in [0.15, 0.2) is 0 Å². The van der Waals surface area contributed by atoms with E-state index in [0.29, 0.717) is 56.6 Å². The number of benzene rings is 6. The molecule has 10 rings (SSSR count). The molecule has 0 bridgehead atoms. The van der Waals surface area contributed by atoms with Crippen LogP contribution in [0.1, 0.15) is 103 Å². The highest BCUT2D eigenvalue weighted by Crippen LogP contribution is 2.39. The molecule has 4 saturated heterocycles. The van der Waals surface area contributed by atoms with Crippen molar-refractivity contribution < 1.29 is 33.6 Å². The molecule has 0 aliphatic carbocycles. The van der Waals surface area contributed by atoms with Gasteiger partial charge in [-0.25, -0.2) is 9.59 Å². The summed E-state index contributed by atoms with van der Waals surface area (Å²) in [6, 6.07) is 47.4. The average molecular weight is 1190 g/mol. The third-order valence-corrected chi connectivity index (χ3v) is 18.0. The van der Waals surface area contributed by atoms with E-state index in [1.807, 2.05) is 151 Å². The molecule has 4 heterocycles. The second-order valence-electron chi connectivity index (χ2n) is 23.6. The molecule has 88 heavy (non-hydrogen) atoms. The van der Waals surface area contributed by atoms with Crippen LogP contribution in [0.2, 0.25) is 0 Å². The number of rotatable bonds is 18. The molecule has 19 nitrogen and oxygen atoms in total. The van der Waals surface area contributed by atoms with Crippen molar-refractivity contribution in [3.05, 3.63) is 203 Å². The lowest BCUT2D eigenvalue weighted by molar-refractivity contribution is -0.144. The fraction of sp³-hybridized carbons (Fsp3) is 0.377. The molecular formula is C69H82N12O7. The number of carbonyl (C=O) groups excluding carboxylic acids is 7. The Balaban J connectivity index is 0.763. The maximum atomic E-state index is 14.7. The van der Waals surface area contributed by atoms with Crippen LogP contribution < -0.4 is 42.5 Å². The molecule has 0 radical (unpaired) electrons.